The van der Waals surface area contributed by atoms with E-state index >= 15 is 0 Å². The summed E-state index contributed by atoms with van der Waals surface area (Å²) in [5.41, 5.74) is 3.79. The molecular weight excluding hydrogens is 310 g/mol. The number of carbonyl (C=O) groups excluding carboxylic acids is 1. The van der Waals surface area contributed by atoms with Crippen molar-refractivity contribution in [2.24, 2.45) is 0 Å². The largest absolute Gasteiger partial charge is 0.481 e. The zero-order chi connectivity index (χ0) is 17.0. The van der Waals surface area contributed by atoms with Gasteiger partial charge >= 0.3 is 0 Å². The minimum atomic E-state index is -0.547. The summed E-state index contributed by atoms with van der Waals surface area (Å²) in [5.74, 6) is 0.546. The molecular formula is C19H22ClNO2. The highest BCUT2D eigenvalue weighted by Gasteiger charge is 2.19. The monoisotopic (exact) mass is 331 g/mol. The molecule has 0 saturated heterocycles. The molecule has 4 heteroatoms. The van der Waals surface area contributed by atoms with Crippen molar-refractivity contribution in [3.8, 4) is 5.75 Å². The highest BCUT2D eigenvalue weighted by Crippen LogP contribution is 2.24. The van der Waals surface area contributed by atoms with Crippen LogP contribution in [0.4, 0.5) is 5.69 Å². The average Bonchev–Trinajstić information content (AvgIpc) is 2.48. The fraction of sp³-hybridized carbons (Fsp3) is 0.316. The van der Waals surface area contributed by atoms with Crippen molar-refractivity contribution in [1.82, 2.24) is 0 Å². The van der Waals surface area contributed by atoms with E-state index in [-0.39, 0.29) is 5.91 Å². The first-order valence-corrected chi connectivity index (χ1v) is 8.09. The van der Waals surface area contributed by atoms with Crippen LogP contribution in [0.15, 0.2) is 36.4 Å². The number of carbonyl (C=O) groups is 1. The number of hydrogen-bond donors (Lipinski definition) is 1. The summed E-state index contributed by atoms with van der Waals surface area (Å²) in [7, 11) is 0. The van der Waals surface area contributed by atoms with Gasteiger partial charge in [-0.3, -0.25) is 4.79 Å². The molecule has 0 aliphatic carbocycles. The Bertz CT molecular complexity index is 692. The summed E-state index contributed by atoms with van der Waals surface area (Å²) in [6.07, 6.45) is 0.0351. The molecule has 1 N–H and O–H groups in total. The Morgan fingerprint density at radius 3 is 2.43 bits per heavy atom. The number of rotatable bonds is 5. The van der Waals surface area contributed by atoms with Crippen molar-refractivity contribution >= 4 is 23.2 Å². The van der Waals surface area contributed by atoms with E-state index in [4.69, 9.17) is 16.3 Å². The molecule has 0 spiro atoms. The molecule has 0 aromatic heterocycles. The second-order valence-electron chi connectivity index (χ2n) is 5.74. The summed E-state index contributed by atoms with van der Waals surface area (Å²) in [5, 5.41) is 3.53. The Kier molecular flexibility index (Phi) is 5.67. The van der Waals surface area contributed by atoms with Crippen LogP contribution in [0, 0.1) is 20.8 Å². The lowest BCUT2D eigenvalue weighted by Crippen LogP contribution is -2.32. The first-order valence-electron chi connectivity index (χ1n) is 7.71. The van der Waals surface area contributed by atoms with Gasteiger partial charge in [-0.1, -0.05) is 30.7 Å². The maximum absolute atomic E-state index is 12.5. The van der Waals surface area contributed by atoms with E-state index in [2.05, 4.69) is 11.4 Å². The van der Waals surface area contributed by atoms with E-state index in [1.54, 1.807) is 6.07 Å². The lowest BCUT2D eigenvalue weighted by atomic mass is 10.1. The van der Waals surface area contributed by atoms with Gasteiger partial charge in [0.1, 0.15) is 5.75 Å². The van der Waals surface area contributed by atoms with Crippen LogP contribution in [0.3, 0.4) is 0 Å². The van der Waals surface area contributed by atoms with E-state index in [0.717, 1.165) is 16.7 Å². The molecule has 1 atom stereocenters. The fourth-order valence-electron chi connectivity index (χ4n) is 2.44. The molecule has 0 aliphatic rings. The molecule has 2 rings (SSSR count). The SMILES string of the molecule is CC[C@H](Oc1cc(C)cc(C)c1)C(=O)Nc1cccc(Cl)c1C. The van der Waals surface area contributed by atoms with E-state index in [1.165, 1.54) is 0 Å². The lowest BCUT2D eigenvalue weighted by Gasteiger charge is -2.19. The Morgan fingerprint density at radius 2 is 1.83 bits per heavy atom. The molecule has 0 aliphatic heterocycles. The zero-order valence-electron chi connectivity index (χ0n) is 13.9. The zero-order valence-corrected chi connectivity index (χ0v) is 14.7. The fourth-order valence-corrected chi connectivity index (χ4v) is 2.62. The minimum absolute atomic E-state index is 0.169. The predicted molar refractivity (Wildman–Crippen MR) is 95.4 cm³/mol. The van der Waals surface area contributed by atoms with Gasteiger partial charge < -0.3 is 10.1 Å². The highest BCUT2D eigenvalue weighted by molar-refractivity contribution is 6.31. The molecule has 0 radical (unpaired) electrons. The van der Waals surface area contributed by atoms with Crippen molar-refractivity contribution in [2.45, 2.75) is 40.2 Å². The molecule has 0 fully saturated rings. The van der Waals surface area contributed by atoms with Crippen LogP contribution >= 0.6 is 11.6 Å². The van der Waals surface area contributed by atoms with Crippen LogP contribution in [0.25, 0.3) is 0 Å². The number of hydrogen-bond acceptors (Lipinski definition) is 2. The van der Waals surface area contributed by atoms with Gasteiger partial charge in [0.25, 0.3) is 5.91 Å². The molecule has 0 heterocycles. The number of nitrogens with one attached hydrogen (secondary N) is 1. The first-order chi connectivity index (χ1) is 10.9. The second-order valence-corrected chi connectivity index (χ2v) is 6.15. The third kappa shape index (κ3) is 4.49. The third-order valence-corrected chi connectivity index (χ3v) is 4.07. The summed E-state index contributed by atoms with van der Waals surface area (Å²) in [4.78, 5) is 12.5. The number of anilines is 1. The van der Waals surface area contributed by atoms with Crippen LogP contribution in [-0.2, 0) is 4.79 Å². The topological polar surface area (TPSA) is 38.3 Å². The highest BCUT2D eigenvalue weighted by atomic mass is 35.5. The van der Waals surface area contributed by atoms with E-state index in [1.807, 2.05) is 52.0 Å². The van der Waals surface area contributed by atoms with Crippen molar-refractivity contribution in [1.29, 1.82) is 0 Å². The van der Waals surface area contributed by atoms with E-state index in [9.17, 15) is 4.79 Å². The van der Waals surface area contributed by atoms with Gasteiger partial charge in [-0.2, -0.15) is 0 Å². The maximum atomic E-state index is 12.5. The number of halogens is 1. The lowest BCUT2D eigenvalue weighted by molar-refractivity contribution is -0.122. The van der Waals surface area contributed by atoms with Crippen molar-refractivity contribution in [3.63, 3.8) is 0 Å². The molecule has 3 nitrogen and oxygen atoms in total. The van der Waals surface area contributed by atoms with Crippen LogP contribution in [0.5, 0.6) is 5.75 Å². The van der Waals surface area contributed by atoms with Gasteiger partial charge in [0.05, 0.1) is 0 Å². The summed E-state index contributed by atoms with van der Waals surface area (Å²) in [6, 6.07) is 11.4. The smallest absolute Gasteiger partial charge is 0.265 e. The summed E-state index contributed by atoms with van der Waals surface area (Å²) >= 11 is 6.09. The van der Waals surface area contributed by atoms with Crippen LogP contribution < -0.4 is 10.1 Å². The molecule has 2 aromatic carbocycles. The Balaban J connectivity index is 2.13. The average molecular weight is 332 g/mol. The van der Waals surface area contributed by atoms with Crippen molar-refractivity contribution in [2.75, 3.05) is 5.32 Å². The van der Waals surface area contributed by atoms with Crippen LogP contribution in [-0.4, -0.2) is 12.0 Å². The second kappa shape index (κ2) is 7.51. The first kappa shape index (κ1) is 17.4. The number of ether oxygens (including phenoxy) is 1. The normalized spacial score (nSPS) is 11.9. The molecule has 2 aromatic rings. The van der Waals surface area contributed by atoms with E-state index < -0.39 is 6.10 Å². The van der Waals surface area contributed by atoms with Gasteiger partial charge in [0.15, 0.2) is 6.10 Å². The standard InChI is InChI=1S/C19H22ClNO2/c1-5-18(23-15-10-12(2)9-13(3)11-15)19(22)21-17-8-6-7-16(20)14(17)4/h6-11,18H,5H2,1-4H3,(H,21,22)/t18-/m0/s1. The summed E-state index contributed by atoms with van der Waals surface area (Å²) in [6.45, 7) is 7.83. The molecule has 23 heavy (non-hydrogen) atoms. The molecule has 0 bridgehead atoms. The van der Waals surface area contributed by atoms with Gasteiger partial charge in [0, 0.05) is 10.7 Å². The maximum Gasteiger partial charge on any atom is 0.265 e. The van der Waals surface area contributed by atoms with Gasteiger partial charge in [-0.15, -0.1) is 0 Å². The molecule has 0 unspecified atom stereocenters. The molecule has 122 valence electrons. The number of benzene rings is 2. The van der Waals surface area contributed by atoms with Crippen LogP contribution in [0.2, 0.25) is 5.02 Å². The Hall–Kier alpha value is -2.00. The third-order valence-electron chi connectivity index (χ3n) is 3.66. The van der Waals surface area contributed by atoms with Crippen molar-refractivity contribution in [3.05, 3.63) is 58.1 Å². The Morgan fingerprint density at radius 1 is 1.17 bits per heavy atom. The van der Waals surface area contributed by atoms with Crippen molar-refractivity contribution < 1.29 is 9.53 Å². The number of aryl methyl sites for hydroxylation is 2. The van der Waals surface area contributed by atoms with Gasteiger partial charge in [-0.05, 0) is 68.1 Å². The van der Waals surface area contributed by atoms with E-state index in [0.29, 0.717) is 22.9 Å². The van der Waals surface area contributed by atoms with Crippen LogP contribution in [0.1, 0.15) is 30.0 Å². The Labute approximate surface area is 142 Å². The molecule has 0 saturated carbocycles. The van der Waals surface area contributed by atoms with Gasteiger partial charge in [-0.25, -0.2) is 0 Å². The number of amides is 1. The van der Waals surface area contributed by atoms with Gasteiger partial charge in [0.2, 0.25) is 0 Å². The summed E-state index contributed by atoms with van der Waals surface area (Å²) < 4.78 is 5.88. The minimum Gasteiger partial charge on any atom is -0.481 e. The predicted octanol–water partition coefficient (Wildman–Crippen LogP) is 5.06. The quantitative estimate of drug-likeness (QED) is 0.831. The molecule has 1 amide bonds.